The molecular formula is C22H18F6N4O4S. The maximum absolute atomic E-state index is 13.2. The third-order valence-electron chi connectivity index (χ3n) is 4.59. The predicted molar refractivity (Wildman–Crippen MR) is 119 cm³/mol. The molecule has 0 aliphatic heterocycles. The number of halogens is 6. The Morgan fingerprint density at radius 3 is 2.35 bits per heavy atom. The summed E-state index contributed by atoms with van der Waals surface area (Å²) in [7, 11) is -3.14. The number of anilines is 1. The van der Waals surface area contributed by atoms with Crippen LogP contribution >= 0.6 is 0 Å². The van der Waals surface area contributed by atoms with Crippen molar-refractivity contribution in [1.29, 1.82) is 4.78 Å². The molecule has 3 rings (SSSR count). The van der Waals surface area contributed by atoms with Crippen LogP contribution in [0.5, 0.6) is 17.4 Å². The molecule has 0 radical (unpaired) electrons. The van der Waals surface area contributed by atoms with E-state index < -0.39 is 51.7 Å². The maximum Gasteiger partial charge on any atom is 0.435 e. The molecule has 1 atom stereocenters. The van der Waals surface area contributed by atoms with Gasteiger partial charge in [0.15, 0.2) is 12.3 Å². The topological polar surface area (TPSA) is 114 Å². The molecule has 0 bridgehead atoms. The number of nitrogens with one attached hydrogen (secondary N) is 2. The molecule has 0 saturated carbocycles. The third kappa shape index (κ3) is 7.55. The van der Waals surface area contributed by atoms with Crippen LogP contribution in [-0.2, 0) is 15.9 Å². The van der Waals surface area contributed by atoms with Gasteiger partial charge >= 0.3 is 12.4 Å². The first-order valence-corrected chi connectivity index (χ1v) is 12.1. The molecule has 0 aliphatic rings. The Balaban J connectivity index is 1.93. The van der Waals surface area contributed by atoms with Crippen LogP contribution in [0.3, 0.4) is 0 Å². The van der Waals surface area contributed by atoms with Gasteiger partial charge in [0, 0.05) is 16.8 Å². The Hall–Kier alpha value is -3.88. The van der Waals surface area contributed by atoms with Crippen LogP contribution < -0.4 is 14.8 Å². The number of aromatic nitrogens is 2. The van der Waals surface area contributed by atoms with Crippen LogP contribution in [0.4, 0.5) is 32.0 Å². The fourth-order valence-electron chi connectivity index (χ4n) is 2.87. The van der Waals surface area contributed by atoms with Gasteiger partial charge in [-0.15, -0.1) is 10.2 Å². The molecule has 0 aliphatic carbocycles. The van der Waals surface area contributed by atoms with Crippen LogP contribution in [0.1, 0.15) is 21.6 Å². The Morgan fingerprint density at radius 1 is 1.05 bits per heavy atom. The Morgan fingerprint density at radius 2 is 1.76 bits per heavy atom. The lowest BCUT2D eigenvalue weighted by molar-refractivity contribution is -0.153. The van der Waals surface area contributed by atoms with Crippen molar-refractivity contribution in [2.45, 2.75) is 24.2 Å². The molecule has 3 aromatic rings. The quantitative estimate of drug-likeness (QED) is 0.360. The zero-order chi connectivity index (χ0) is 27.6. The van der Waals surface area contributed by atoms with Gasteiger partial charge in [0.25, 0.3) is 11.8 Å². The highest BCUT2D eigenvalue weighted by Crippen LogP contribution is 2.33. The molecule has 198 valence electrons. The minimum absolute atomic E-state index is 0.0376. The fraction of sp³-hybridized carbons (Fsp3) is 0.227. The van der Waals surface area contributed by atoms with Crippen molar-refractivity contribution < 1.29 is 44.8 Å². The second-order valence-electron chi connectivity index (χ2n) is 7.70. The van der Waals surface area contributed by atoms with Gasteiger partial charge in [0.2, 0.25) is 0 Å². The minimum Gasteiger partial charge on any atom is -0.484 e. The Labute approximate surface area is 206 Å². The van der Waals surface area contributed by atoms with Gasteiger partial charge in [0.05, 0.1) is 9.73 Å². The van der Waals surface area contributed by atoms with Gasteiger partial charge in [0.1, 0.15) is 17.1 Å². The molecule has 0 saturated heterocycles. The minimum atomic E-state index is -4.94. The summed E-state index contributed by atoms with van der Waals surface area (Å²) in [6.07, 6.45) is -8.34. The van der Waals surface area contributed by atoms with E-state index in [0.717, 1.165) is 12.3 Å². The smallest absolute Gasteiger partial charge is 0.435 e. The molecule has 1 unspecified atom stereocenters. The number of hydrogen-bond acceptors (Lipinski definition) is 7. The standard InChI is InChI=1S/C22H18F6N4O4S/c1-12-8-14(35-11-21(23,24)25)6-7-17(12)36-20-16(10-18(31-32-20)22(26,27)28)19(33)30-13-4-3-5-15(9-13)37(2,29)34/h3-10,29H,11H2,1-2H3,(H,30,33). The first-order chi connectivity index (χ1) is 17.0. The number of aryl methyl sites for hydroxylation is 1. The lowest BCUT2D eigenvalue weighted by Gasteiger charge is -2.15. The zero-order valence-electron chi connectivity index (χ0n) is 19.0. The highest BCUT2D eigenvalue weighted by Gasteiger charge is 2.35. The molecule has 37 heavy (non-hydrogen) atoms. The van der Waals surface area contributed by atoms with Crippen LogP contribution in [0, 0.1) is 11.7 Å². The predicted octanol–water partition coefficient (Wildman–Crippen LogP) is 5.82. The molecule has 0 fully saturated rings. The monoisotopic (exact) mass is 548 g/mol. The van der Waals surface area contributed by atoms with E-state index in [1.54, 1.807) is 0 Å². The van der Waals surface area contributed by atoms with Gasteiger partial charge in [-0.1, -0.05) is 6.07 Å². The van der Waals surface area contributed by atoms with Crippen LogP contribution in [0.2, 0.25) is 0 Å². The molecule has 2 N–H and O–H groups in total. The molecule has 1 heterocycles. The lowest BCUT2D eigenvalue weighted by atomic mass is 10.2. The molecule has 8 nitrogen and oxygen atoms in total. The van der Waals surface area contributed by atoms with E-state index in [0.29, 0.717) is 6.07 Å². The number of nitrogens with zero attached hydrogens (tertiary/aromatic N) is 2. The number of carbonyl (C=O) groups excluding carboxylic acids is 1. The summed E-state index contributed by atoms with van der Waals surface area (Å²) in [5.41, 5.74) is -1.86. The van der Waals surface area contributed by atoms with Crippen molar-refractivity contribution in [2.75, 3.05) is 18.2 Å². The molecular weight excluding hydrogens is 530 g/mol. The van der Waals surface area contributed by atoms with Crippen LogP contribution in [-0.4, -0.2) is 39.4 Å². The number of rotatable bonds is 7. The van der Waals surface area contributed by atoms with Crippen LogP contribution in [0.25, 0.3) is 0 Å². The van der Waals surface area contributed by atoms with Crippen molar-refractivity contribution in [3.05, 3.63) is 65.4 Å². The summed E-state index contributed by atoms with van der Waals surface area (Å²) in [4.78, 5) is 13.0. The van der Waals surface area contributed by atoms with Crippen molar-refractivity contribution in [1.82, 2.24) is 10.2 Å². The Bertz CT molecular complexity index is 1430. The highest BCUT2D eigenvalue weighted by atomic mass is 32.2. The zero-order valence-corrected chi connectivity index (χ0v) is 19.8. The third-order valence-corrected chi connectivity index (χ3v) is 5.75. The Kier molecular flexibility index (Phi) is 7.67. The van der Waals surface area contributed by atoms with Crippen molar-refractivity contribution in [3.63, 3.8) is 0 Å². The first kappa shape index (κ1) is 27.7. The van der Waals surface area contributed by atoms with Gasteiger partial charge in [-0.25, -0.2) is 8.99 Å². The van der Waals surface area contributed by atoms with Crippen molar-refractivity contribution in [2.24, 2.45) is 0 Å². The number of carbonyl (C=O) groups is 1. The average molecular weight is 548 g/mol. The van der Waals surface area contributed by atoms with E-state index in [1.165, 1.54) is 43.3 Å². The number of alkyl halides is 6. The highest BCUT2D eigenvalue weighted by molar-refractivity contribution is 7.91. The summed E-state index contributed by atoms with van der Waals surface area (Å²) in [5, 5.41) is 8.78. The molecule has 15 heteroatoms. The number of amides is 1. The van der Waals surface area contributed by atoms with Crippen molar-refractivity contribution in [3.8, 4) is 17.4 Å². The van der Waals surface area contributed by atoms with E-state index in [9.17, 15) is 35.3 Å². The van der Waals surface area contributed by atoms with Gasteiger partial charge in [-0.2, -0.15) is 26.3 Å². The average Bonchev–Trinajstić information content (AvgIpc) is 2.78. The molecule has 2 aromatic carbocycles. The number of hydrogen-bond donors (Lipinski definition) is 2. The van der Waals surface area contributed by atoms with E-state index in [-0.39, 0.29) is 27.6 Å². The number of benzene rings is 2. The van der Waals surface area contributed by atoms with E-state index in [1.807, 2.05) is 0 Å². The largest absolute Gasteiger partial charge is 0.484 e. The summed E-state index contributed by atoms with van der Waals surface area (Å²) in [6.45, 7) is -0.0998. The lowest BCUT2D eigenvalue weighted by Crippen LogP contribution is -2.19. The van der Waals surface area contributed by atoms with Gasteiger partial charge in [-0.05, 0) is 55.0 Å². The van der Waals surface area contributed by atoms with E-state index in [2.05, 4.69) is 20.3 Å². The second kappa shape index (κ2) is 10.2. The summed E-state index contributed by atoms with van der Waals surface area (Å²) < 4.78 is 107. The van der Waals surface area contributed by atoms with E-state index in [4.69, 9.17) is 9.52 Å². The molecule has 0 spiro atoms. The molecule has 1 aromatic heterocycles. The fourth-order valence-corrected chi connectivity index (χ4v) is 3.56. The van der Waals surface area contributed by atoms with Crippen molar-refractivity contribution >= 4 is 21.3 Å². The van der Waals surface area contributed by atoms with Crippen LogP contribution in [0.15, 0.2) is 53.4 Å². The SMILES string of the molecule is Cc1cc(OCC(F)(F)F)ccc1Oc1nnc(C(F)(F)F)cc1C(=O)Nc1cccc(S(C)(=N)=O)c1. The second-order valence-corrected chi connectivity index (χ2v) is 9.86. The van der Waals surface area contributed by atoms with Gasteiger partial charge in [-0.3, -0.25) is 4.79 Å². The maximum atomic E-state index is 13.2. The van der Waals surface area contributed by atoms with Gasteiger partial charge < -0.3 is 14.8 Å². The summed E-state index contributed by atoms with van der Waals surface area (Å²) in [6, 6.07) is 9.35. The van der Waals surface area contributed by atoms with E-state index >= 15 is 0 Å². The number of ether oxygens (including phenoxy) is 2. The summed E-state index contributed by atoms with van der Waals surface area (Å²) in [5.74, 6) is -1.87. The first-order valence-electron chi connectivity index (χ1n) is 10.1. The molecule has 1 amide bonds. The summed E-state index contributed by atoms with van der Waals surface area (Å²) >= 11 is 0. The normalized spacial score (nSPS) is 13.5.